The first-order valence-electron chi connectivity index (χ1n) is 5.47. The van der Waals surface area contributed by atoms with Gasteiger partial charge in [-0.05, 0) is 13.0 Å². The second-order valence-corrected chi connectivity index (χ2v) is 4.37. The van der Waals surface area contributed by atoms with Crippen LogP contribution in [0.4, 0.5) is 5.88 Å². The maximum absolute atomic E-state index is 6.33. The maximum Gasteiger partial charge on any atom is 0.230 e. The monoisotopic (exact) mass is 266 g/mol. The smallest absolute Gasteiger partial charge is 0.230 e. The van der Waals surface area contributed by atoms with E-state index in [1.807, 2.05) is 6.92 Å². The molecule has 1 aromatic heterocycles. The molecule has 0 aliphatic carbocycles. The molecule has 6 heteroatoms. The van der Waals surface area contributed by atoms with E-state index in [0.717, 1.165) is 11.1 Å². The predicted octanol–water partition coefficient (Wildman–Crippen LogP) is 2.66. The van der Waals surface area contributed by atoms with Crippen molar-refractivity contribution in [2.45, 2.75) is 6.92 Å². The van der Waals surface area contributed by atoms with Crippen LogP contribution in [-0.4, -0.2) is 18.4 Å². The van der Waals surface area contributed by atoms with Gasteiger partial charge in [0.25, 0.3) is 0 Å². The Morgan fingerprint density at radius 1 is 1.28 bits per heavy atom. The molecule has 94 valence electrons. The summed E-state index contributed by atoms with van der Waals surface area (Å²) in [5.41, 5.74) is 7.92. The van der Waals surface area contributed by atoms with Gasteiger partial charge in [0, 0.05) is 11.1 Å². The molecule has 0 spiro atoms. The molecular formula is C12H11ClN2O3. The van der Waals surface area contributed by atoms with E-state index in [0.29, 0.717) is 35.3 Å². The van der Waals surface area contributed by atoms with Crippen molar-refractivity contribution in [2.24, 2.45) is 0 Å². The molecule has 5 nitrogen and oxygen atoms in total. The third-order valence-corrected chi connectivity index (χ3v) is 3.37. The number of rotatable bonds is 1. The highest BCUT2D eigenvalue weighted by Crippen LogP contribution is 2.44. The fourth-order valence-corrected chi connectivity index (χ4v) is 2.22. The summed E-state index contributed by atoms with van der Waals surface area (Å²) in [5.74, 6) is 1.58. The highest BCUT2D eigenvalue weighted by atomic mass is 35.5. The standard InChI is InChI=1S/C12H11ClN2O3/c1-6-10(13)7(8-5-15-18-12(8)14)4-9-11(6)17-3-2-16-9/h4-5H,2-3,14H2,1H3. The highest BCUT2D eigenvalue weighted by molar-refractivity contribution is 6.34. The van der Waals surface area contributed by atoms with Gasteiger partial charge in [0.1, 0.15) is 13.2 Å². The zero-order valence-electron chi connectivity index (χ0n) is 9.70. The minimum atomic E-state index is 0.230. The highest BCUT2D eigenvalue weighted by Gasteiger charge is 2.22. The Labute approximate surface area is 108 Å². The second kappa shape index (κ2) is 4.10. The van der Waals surface area contributed by atoms with Crippen LogP contribution in [0.2, 0.25) is 5.02 Å². The van der Waals surface area contributed by atoms with Crippen molar-refractivity contribution in [1.29, 1.82) is 0 Å². The molecule has 0 unspecified atom stereocenters. The fourth-order valence-electron chi connectivity index (χ4n) is 1.98. The lowest BCUT2D eigenvalue weighted by Gasteiger charge is -2.22. The van der Waals surface area contributed by atoms with Gasteiger partial charge in [0.2, 0.25) is 5.88 Å². The van der Waals surface area contributed by atoms with Crippen molar-refractivity contribution in [1.82, 2.24) is 5.16 Å². The van der Waals surface area contributed by atoms with E-state index in [1.54, 1.807) is 6.07 Å². The molecule has 1 aliphatic heterocycles. The van der Waals surface area contributed by atoms with Crippen LogP contribution in [0, 0.1) is 6.92 Å². The molecule has 1 aromatic carbocycles. The molecule has 1 aliphatic rings. The molecule has 2 aromatic rings. The number of ether oxygens (including phenoxy) is 2. The van der Waals surface area contributed by atoms with E-state index in [9.17, 15) is 0 Å². The Morgan fingerprint density at radius 2 is 2.06 bits per heavy atom. The summed E-state index contributed by atoms with van der Waals surface area (Å²) < 4.78 is 16.0. The number of fused-ring (bicyclic) bond motifs is 1. The maximum atomic E-state index is 6.33. The first-order chi connectivity index (χ1) is 8.68. The first-order valence-corrected chi connectivity index (χ1v) is 5.85. The van der Waals surface area contributed by atoms with Gasteiger partial charge in [-0.25, -0.2) is 0 Å². The zero-order chi connectivity index (χ0) is 12.7. The van der Waals surface area contributed by atoms with Gasteiger partial charge in [-0.3, -0.25) is 0 Å². The minimum absolute atomic E-state index is 0.230. The van der Waals surface area contributed by atoms with E-state index >= 15 is 0 Å². The van der Waals surface area contributed by atoms with Gasteiger partial charge in [0.15, 0.2) is 11.5 Å². The van der Waals surface area contributed by atoms with Crippen LogP contribution in [0.5, 0.6) is 11.5 Å². The van der Waals surface area contributed by atoms with Crippen LogP contribution >= 0.6 is 11.6 Å². The van der Waals surface area contributed by atoms with Crippen molar-refractivity contribution >= 4 is 17.5 Å². The molecular weight excluding hydrogens is 256 g/mol. The summed E-state index contributed by atoms with van der Waals surface area (Å²) in [6.45, 7) is 2.93. The number of benzene rings is 1. The Hall–Kier alpha value is -1.88. The van der Waals surface area contributed by atoms with Gasteiger partial charge in [-0.2, -0.15) is 0 Å². The Kier molecular flexibility index (Phi) is 2.56. The molecule has 0 radical (unpaired) electrons. The van der Waals surface area contributed by atoms with Crippen molar-refractivity contribution < 1.29 is 14.0 Å². The molecule has 3 rings (SSSR count). The predicted molar refractivity (Wildman–Crippen MR) is 67.1 cm³/mol. The minimum Gasteiger partial charge on any atom is -0.486 e. The van der Waals surface area contributed by atoms with Crippen LogP contribution in [-0.2, 0) is 0 Å². The van der Waals surface area contributed by atoms with Crippen LogP contribution in [0.3, 0.4) is 0 Å². The molecule has 2 N–H and O–H groups in total. The topological polar surface area (TPSA) is 70.5 Å². The van der Waals surface area contributed by atoms with Crippen LogP contribution < -0.4 is 15.2 Å². The average Bonchev–Trinajstić information content (AvgIpc) is 2.80. The fraction of sp³-hybridized carbons (Fsp3) is 0.250. The van der Waals surface area contributed by atoms with E-state index in [4.69, 9.17) is 31.3 Å². The Bertz CT molecular complexity index is 610. The SMILES string of the molecule is Cc1c(Cl)c(-c2cnoc2N)cc2c1OCCO2. The van der Waals surface area contributed by atoms with E-state index in [1.165, 1.54) is 6.20 Å². The van der Waals surface area contributed by atoms with Crippen molar-refractivity contribution in [3.8, 4) is 22.6 Å². The number of nitrogens with zero attached hydrogens (tertiary/aromatic N) is 1. The summed E-state index contributed by atoms with van der Waals surface area (Å²) in [5, 5.41) is 4.21. The Morgan fingerprint density at radius 3 is 2.78 bits per heavy atom. The lowest BCUT2D eigenvalue weighted by atomic mass is 10.0. The largest absolute Gasteiger partial charge is 0.486 e. The molecule has 0 saturated carbocycles. The summed E-state index contributed by atoms with van der Waals surface area (Å²) in [4.78, 5) is 0. The van der Waals surface area contributed by atoms with Gasteiger partial charge >= 0.3 is 0 Å². The van der Waals surface area contributed by atoms with Crippen molar-refractivity contribution in [3.05, 3.63) is 22.8 Å². The first kappa shape index (κ1) is 11.2. The quantitative estimate of drug-likeness (QED) is 0.859. The van der Waals surface area contributed by atoms with Crippen LogP contribution in [0.15, 0.2) is 16.8 Å². The summed E-state index contributed by atoms with van der Waals surface area (Å²) >= 11 is 6.33. The Balaban J connectivity index is 2.22. The number of nitrogen functional groups attached to an aromatic ring is 1. The summed E-state index contributed by atoms with van der Waals surface area (Å²) in [6.07, 6.45) is 1.53. The van der Waals surface area contributed by atoms with Crippen LogP contribution in [0.25, 0.3) is 11.1 Å². The van der Waals surface area contributed by atoms with Crippen molar-refractivity contribution in [2.75, 3.05) is 18.9 Å². The molecule has 18 heavy (non-hydrogen) atoms. The zero-order valence-corrected chi connectivity index (χ0v) is 10.5. The van der Waals surface area contributed by atoms with Gasteiger partial charge in [-0.15, -0.1) is 0 Å². The number of anilines is 1. The van der Waals surface area contributed by atoms with E-state index in [-0.39, 0.29) is 5.88 Å². The summed E-state index contributed by atoms with van der Waals surface area (Å²) in [6, 6.07) is 1.80. The number of halogens is 1. The number of nitrogens with two attached hydrogens (primary N) is 1. The van der Waals surface area contributed by atoms with E-state index in [2.05, 4.69) is 5.16 Å². The summed E-state index contributed by atoms with van der Waals surface area (Å²) in [7, 11) is 0. The normalized spacial score (nSPS) is 13.7. The number of aromatic nitrogens is 1. The molecule has 0 saturated heterocycles. The molecule has 0 bridgehead atoms. The van der Waals surface area contributed by atoms with Gasteiger partial charge in [0.05, 0.1) is 16.8 Å². The average molecular weight is 267 g/mol. The third-order valence-electron chi connectivity index (χ3n) is 2.88. The molecule has 0 fully saturated rings. The van der Waals surface area contributed by atoms with Gasteiger partial charge in [-0.1, -0.05) is 16.8 Å². The van der Waals surface area contributed by atoms with E-state index < -0.39 is 0 Å². The number of hydrogen-bond donors (Lipinski definition) is 1. The van der Waals surface area contributed by atoms with Crippen molar-refractivity contribution in [3.63, 3.8) is 0 Å². The third kappa shape index (κ3) is 1.59. The number of hydrogen-bond acceptors (Lipinski definition) is 5. The van der Waals surface area contributed by atoms with Gasteiger partial charge < -0.3 is 19.7 Å². The molecule has 0 amide bonds. The lowest BCUT2D eigenvalue weighted by molar-refractivity contribution is 0.170. The molecule has 0 atom stereocenters. The lowest BCUT2D eigenvalue weighted by Crippen LogP contribution is -2.16. The van der Waals surface area contributed by atoms with Crippen LogP contribution in [0.1, 0.15) is 5.56 Å². The molecule has 2 heterocycles. The second-order valence-electron chi connectivity index (χ2n) is 3.99.